The summed E-state index contributed by atoms with van der Waals surface area (Å²) in [6, 6.07) is 0. The molecule has 0 aromatic carbocycles. The minimum absolute atomic E-state index is 0.371. The highest BCUT2D eigenvalue weighted by molar-refractivity contribution is 7.64. The zero-order valence-corrected chi connectivity index (χ0v) is 17.8. The summed E-state index contributed by atoms with van der Waals surface area (Å²) in [4.78, 5) is 44.3. The van der Waals surface area contributed by atoms with Crippen LogP contribution in [0.1, 0.15) is 16.7 Å². The smallest absolute Gasteiger partial charge is 0.387 e. The molecule has 3 unspecified atom stereocenters. The van der Waals surface area contributed by atoms with Crippen molar-refractivity contribution in [2.75, 3.05) is 6.61 Å². The highest BCUT2D eigenvalue weighted by atomic mass is 31.3. The minimum atomic E-state index is -5.56. The van der Waals surface area contributed by atoms with Crippen LogP contribution in [0, 0.1) is 5.95 Å². The molecule has 7 N–H and O–H groups in total. The van der Waals surface area contributed by atoms with Gasteiger partial charge in [-0.3, -0.25) is 19.0 Å². The second kappa shape index (κ2) is 10.1. The third-order valence-electron chi connectivity index (χ3n) is 3.57. The Bertz CT molecular complexity index is 1050. The molecule has 0 spiro atoms. The molecule has 0 saturated carbocycles. The maximum atomic E-state index is 13.6. The SMILES string of the molecule is NC(=O)c1nc(F)cn([C@@H]2O[C@H](CO[P+](=O)OP(=O)(O)OP(=O)(O)OO)[C@@H](O)[C@H]2O)c1=O. The summed E-state index contributed by atoms with van der Waals surface area (Å²) in [5.74, 6) is -2.74. The fourth-order valence-corrected chi connectivity index (χ4v) is 5.01. The van der Waals surface area contributed by atoms with E-state index in [0.29, 0.717) is 10.8 Å². The lowest BCUT2D eigenvalue weighted by molar-refractivity contribution is -0.157. The number of primary amides is 1. The lowest BCUT2D eigenvalue weighted by atomic mass is 10.1. The highest BCUT2D eigenvalue weighted by Gasteiger charge is 2.48. The maximum absolute atomic E-state index is 13.6. The molecule has 2 rings (SSSR count). The molecule has 0 radical (unpaired) electrons. The zero-order chi connectivity index (χ0) is 24.4. The van der Waals surface area contributed by atoms with Crippen molar-refractivity contribution >= 4 is 29.8 Å². The van der Waals surface area contributed by atoms with E-state index in [0.717, 1.165) is 0 Å². The molecular formula is C10H14FN3O15P3+. The van der Waals surface area contributed by atoms with Gasteiger partial charge in [-0.25, -0.2) is 19.4 Å². The number of nitrogens with two attached hydrogens (primary N) is 1. The van der Waals surface area contributed by atoms with Crippen molar-refractivity contribution in [3.05, 3.63) is 28.2 Å². The zero-order valence-electron chi connectivity index (χ0n) is 15.1. The molecule has 1 aromatic rings. The van der Waals surface area contributed by atoms with E-state index in [-0.39, 0.29) is 0 Å². The van der Waals surface area contributed by atoms with Gasteiger partial charge in [0.05, 0.1) is 6.20 Å². The average Bonchev–Trinajstić information content (AvgIpc) is 2.94. The van der Waals surface area contributed by atoms with Crippen molar-refractivity contribution in [3.8, 4) is 0 Å². The molecule has 1 aromatic heterocycles. The molecule has 180 valence electrons. The second-order valence-electron chi connectivity index (χ2n) is 5.74. The van der Waals surface area contributed by atoms with Gasteiger partial charge >= 0.3 is 23.9 Å². The van der Waals surface area contributed by atoms with Gasteiger partial charge < -0.3 is 25.6 Å². The Balaban J connectivity index is 2.08. The number of phosphoric acid groups is 2. The van der Waals surface area contributed by atoms with Gasteiger partial charge in [-0.1, -0.05) is 0 Å². The van der Waals surface area contributed by atoms with Crippen molar-refractivity contribution in [1.82, 2.24) is 9.55 Å². The quantitative estimate of drug-likeness (QED) is 0.114. The third-order valence-corrected chi connectivity index (χ3v) is 7.15. The lowest BCUT2D eigenvalue weighted by Gasteiger charge is -2.17. The first-order valence-electron chi connectivity index (χ1n) is 7.77. The Kier molecular flexibility index (Phi) is 8.46. The van der Waals surface area contributed by atoms with E-state index in [4.69, 9.17) is 25.5 Å². The van der Waals surface area contributed by atoms with Gasteiger partial charge in [0.2, 0.25) is 5.95 Å². The van der Waals surface area contributed by atoms with Gasteiger partial charge in [0, 0.05) is 4.57 Å². The number of aliphatic hydroxyl groups excluding tert-OH is 2. The molecule has 7 atom stereocenters. The van der Waals surface area contributed by atoms with Crippen LogP contribution in [0.5, 0.6) is 0 Å². The van der Waals surface area contributed by atoms with Gasteiger partial charge in [0.1, 0.15) is 24.9 Å². The van der Waals surface area contributed by atoms with Crippen LogP contribution in [0.25, 0.3) is 0 Å². The van der Waals surface area contributed by atoms with Gasteiger partial charge in [-0.05, 0) is 4.31 Å². The standard InChI is InChI=1S/C10H13FN3O15P3/c11-4-1-14(9(18)5(13-4)8(12)17)10-7(16)6(15)3(26-10)2-25-30(20)28-32(23,24)29-31(21,22)27-19/h1,3,6-7,10,15-16H,2H2,(H4-,12,17,19,21,22,23,24)/p+1/t3-,6-,7-,10-/m1/s1. The summed E-state index contributed by atoms with van der Waals surface area (Å²) >= 11 is 0. The van der Waals surface area contributed by atoms with Crippen LogP contribution in [-0.2, 0) is 36.3 Å². The minimum Gasteiger partial charge on any atom is -0.387 e. The van der Waals surface area contributed by atoms with E-state index in [1.165, 1.54) is 0 Å². The predicted octanol–water partition coefficient (Wildman–Crippen LogP) is -1.50. The number of aromatic nitrogens is 2. The topological polar surface area (TPSA) is 276 Å². The van der Waals surface area contributed by atoms with Crippen LogP contribution < -0.4 is 11.3 Å². The van der Waals surface area contributed by atoms with Crippen LogP contribution >= 0.6 is 23.9 Å². The van der Waals surface area contributed by atoms with Crippen molar-refractivity contribution < 1.29 is 70.7 Å². The normalized spacial score (nSPS) is 27.5. The summed E-state index contributed by atoms with van der Waals surface area (Å²) in [7, 11) is -14.6. The van der Waals surface area contributed by atoms with Gasteiger partial charge in [-0.15, -0.1) is 9.20 Å². The summed E-state index contributed by atoms with van der Waals surface area (Å²) in [6.07, 6.45) is -6.73. The summed E-state index contributed by atoms with van der Waals surface area (Å²) in [5, 5.41) is 28.1. The number of hydrogen-bond donors (Lipinski definition) is 6. The fraction of sp³-hybridized carbons (Fsp3) is 0.500. The number of aliphatic hydroxyl groups is 2. The number of ether oxygens (including phenoxy) is 1. The Morgan fingerprint density at radius 1 is 1.31 bits per heavy atom. The third kappa shape index (κ3) is 6.49. The first-order valence-corrected chi connectivity index (χ1v) is 11.9. The molecule has 1 saturated heterocycles. The van der Waals surface area contributed by atoms with Gasteiger partial charge in [0.25, 0.3) is 11.5 Å². The lowest BCUT2D eigenvalue weighted by Crippen LogP contribution is -2.38. The number of amides is 1. The maximum Gasteiger partial charge on any atom is 0.708 e. The molecule has 0 aliphatic carbocycles. The molecule has 1 amide bonds. The number of hydrogen-bond acceptors (Lipinski definition) is 14. The Morgan fingerprint density at radius 2 is 1.94 bits per heavy atom. The number of halogens is 1. The predicted molar refractivity (Wildman–Crippen MR) is 92.0 cm³/mol. The first kappa shape index (κ1) is 26.7. The number of rotatable bonds is 10. The van der Waals surface area contributed by atoms with Crippen LogP contribution in [0.15, 0.2) is 11.0 Å². The number of carbonyl (C=O) groups excluding carboxylic acids is 1. The molecule has 1 aliphatic heterocycles. The summed E-state index contributed by atoms with van der Waals surface area (Å²) < 4.78 is 67.7. The van der Waals surface area contributed by atoms with E-state index < -0.39 is 78.2 Å². The van der Waals surface area contributed by atoms with Crippen LogP contribution in [0.2, 0.25) is 0 Å². The van der Waals surface area contributed by atoms with E-state index >= 15 is 0 Å². The highest BCUT2D eigenvalue weighted by Crippen LogP contribution is 2.63. The van der Waals surface area contributed by atoms with Crippen LogP contribution in [-0.4, -0.2) is 65.6 Å². The molecule has 0 bridgehead atoms. The number of nitrogens with zero attached hydrogens (tertiary/aromatic N) is 2. The molecule has 22 heteroatoms. The van der Waals surface area contributed by atoms with Crippen molar-refractivity contribution in [2.24, 2.45) is 5.73 Å². The molecule has 18 nitrogen and oxygen atoms in total. The van der Waals surface area contributed by atoms with Crippen molar-refractivity contribution in [3.63, 3.8) is 0 Å². The average molecular weight is 528 g/mol. The molecular weight excluding hydrogens is 514 g/mol. The monoisotopic (exact) mass is 528 g/mol. The Hall–Kier alpha value is -1.56. The Morgan fingerprint density at radius 3 is 2.50 bits per heavy atom. The van der Waals surface area contributed by atoms with E-state index in [1.807, 2.05) is 0 Å². The number of carbonyl (C=O) groups is 1. The fourth-order valence-electron chi connectivity index (χ4n) is 2.33. The van der Waals surface area contributed by atoms with Crippen LogP contribution in [0.4, 0.5) is 4.39 Å². The molecule has 2 heterocycles. The Labute approximate surface area is 176 Å². The first-order chi connectivity index (χ1) is 14.7. The van der Waals surface area contributed by atoms with E-state index in [9.17, 15) is 37.9 Å². The van der Waals surface area contributed by atoms with E-state index in [2.05, 4.69) is 22.8 Å². The van der Waals surface area contributed by atoms with E-state index in [1.54, 1.807) is 0 Å². The molecule has 32 heavy (non-hydrogen) atoms. The van der Waals surface area contributed by atoms with Gasteiger partial charge in [0.15, 0.2) is 11.9 Å². The largest absolute Gasteiger partial charge is 0.708 e. The molecule has 1 fully saturated rings. The summed E-state index contributed by atoms with van der Waals surface area (Å²) in [6.45, 7) is -0.942. The van der Waals surface area contributed by atoms with Crippen molar-refractivity contribution in [1.29, 1.82) is 0 Å². The second-order valence-corrected chi connectivity index (χ2v) is 9.79. The van der Waals surface area contributed by atoms with Gasteiger partial charge in [-0.2, -0.15) is 8.70 Å². The van der Waals surface area contributed by atoms with Crippen LogP contribution in [0.3, 0.4) is 0 Å². The van der Waals surface area contributed by atoms with Crippen molar-refractivity contribution in [2.45, 2.75) is 24.5 Å². The summed E-state index contributed by atoms with van der Waals surface area (Å²) in [5.41, 5.74) is 2.61. The molecule has 1 aliphatic rings.